The van der Waals surface area contributed by atoms with Crippen LogP contribution in [0.25, 0.3) is 11.0 Å². The molecule has 3 rings (SSSR count). The third-order valence-electron chi connectivity index (χ3n) is 4.72. The summed E-state index contributed by atoms with van der Waals surface area (Å²) in [4.78, 5) is 17.6. The van der Waals surface area contributed by atoms with Gasteiger partial charge in [-0.25, -0.2) is 9.98 Å². The highest BCUT2D eigenvalue weighted by atomic mass is 15.1. The van der Waals surface area contributed by atoms with Gasteiger partial charge in [0, 0.05) is 13.1 Å². The normalized spacial score (nSPS) is 12.0. The molecule has 0 aliphatic heterocycles. The highest BCUT2D eigenvalue weighted by Gasteiger charge is 2.11. The van der Waals surface area contributed by atoms with Crippen LogP contribution < -0.4 is 17.1 Å². The van der Waals surface area contributed by atoms with Crippen LogP contribution >= 0.6 is 0 Å². The molecule has 0 saturated heterocycles. The fraction of sp³-hybridized carbons (Fsp3) is 0.429. The maximum Gasteiger partial charge on any atom is 0.248 e. The van der Waals surface area contributed by atoms with Crippen molar-refractivity contribution in [2.45, 2.75) is 52.0 Å². The van der Waals surface area contributed by atoms with Gasteiger partial charge in [0.1, 0.15) is 11.0 Å². The summed E-state index contributed by atoms with van der Waals surface area (Å²) in [7, 11) is 0. The van der Waals surface area contributed by atoms with E-state index in [9.17, 15) is 0 Å². The SMILES string of the molecule is CCCCCCCCN=c1nc(N)c2ncn(Cc3ccccc3)c2c(N)n1. The molecule has 1 aromatic carbocycles. The van der Waals surface area contributed by atoms with Gasteiger partial charge in [0.05, 0.1) is 6.33 Å². The molecule has 7 nitrogen and oxygen atoms in total. The predicted octanol–water partition coefficient (Wildman–Crippen LogP) is 3.30. The van der Waals surface area contributed by atoms with E-state index in [1.807, 2.05) is 22.8 Å². The summed E-state index contributed by atoms with van der Waals surface area (Å²) in [5, 5.41) is 0. The first-order valence-electron chi connectivity index (χ1n) is 10.0. The molecule has 148 valence electrons. The van der Waals surface area contributed by atoms with E-state index in [0.717, 1.165) is 12.0 Å². The second-order valence-electron chi connectivity index (χ2n) is 7.00. The highest BCUT2D eigenvalue weighted by Crippen LogP contribution is 2.20. The van der Waals surface area contributed by atoms with Crippen molar-refractivity contribution in [2.75, 3.05) is 18.0 Å². The topological polar surface area (TPSA) is 108 Å². The molecule has 0 atom stereocenters. The number of imidazole rings is 1. The summed E-state index contributed by atoms with van der Waals surface area (Å²) >= 11 is 0. The second kappa shape index (κ2) is 9.82. The van der Waals surface area contributed by atoms with Gasteiger partial charge in [0.2, 0.25) is 5.62 Å². The number of anilines is 2. The summed E-state index contributed by atoms with van der Waals surface area (Å²) in [6.07, 6.45) is 8.99. The lowest BCUT2D eigenvalue weighted by Crippen LogP contribution is -2.13. The number of nitrogens with zero attached hydrogens (tertiary/aromatic N) is 5. The van der Waals surface area contributed by atoms with Crippen molar-refractivity contribution >= 4 is 22.7 Å². The minimum absolute atomic E-state index is 0.299. The fourth-order valence-electron chi connectivity index (χ4n) is 3.23. The molecule has 0 bridgehead atoms. The molecule has 0 spiro atoms. The van der Waals surface area contributed by atoms with Gasteiger partial charge in [0.15, 0.2) is 11.6 Å². The van der Waals surface area contributed by atoms with E-state index in [-0.39, 0.29) is 0 Å². The van der Waals surface area contributed by atoms with Crippen LogP contribution in [0.15, 0.2) is 41.7 Å². The second-order valence-corrected chi connectivity index (χ2v) is 7.00. The first-order chi connectivity index (χ1) is 13.7. The standard InChI is InChI=1S/C21H29N7/c1-2-3-4-5-6-10-13-24-21-26-19(22)17-18(20(23)27-21)28(15-25-17)14-16-11-8-7-9-12-16/h7-9,11-12,15H,2-6,10,13-14H2,1H3,(H4,22,23,24,26,27). The highest BCUT2D eigenvalue weighted by molar-refractivity contribution is 5.90. The van der Waals surface area contributed by atoms with E-state index in [2.05, 4.69) is 39.0 Å². The van der Waals surface area contributed by atoms with Crippen molar-refractivity contribution in [2.24, 2.45) is 4.99 Å². The Bertz CT molecular complexity index is 964. The van der Waals surface area contributed by atoms with Crippen LogP contribution in [-0.4, -0.2) is 26.1 Å². The van der Waals surface area contributed by atoms with Crippen molar-refractivity contribution in [3.05, 3.63) is 47.8 Å². The van der Waals surface area contributed by atoms with Crippen LogP contribution in [0.1, 0.15) is 51.0 Å². The lowest BCUT2D eigenvalue weighted by atomic mass is 10.1. The van der Waals surface area contributed by atoms with Crippen LogP contribution in [-0.2, 0) is 6.54 Å². The number of nitrogen functional groups attached to an aromatic ring is 2. The number of rotatable bonds is 9. The molecule has 0 aliphatic rings. The maximum atomic E-state index is 6.26. The van der Waals surface area contributed by atoms with Crippen LogP contribution in [0.4, 0.5) is 11.6 Å². The summed E-state index contributed by atoms with van der Waals surface area (Å²) in [5.74, 6) is 0.641. The van der Waals surface area contributed by atoms with Gasteiger partial charge >= 0.3 is 0 Å². The molecular formula is C21H29N7. The Balaban J connectivity index is 1.80. The molecular weight excluding hydrogens is 350 g/mol. The minimum atomic E-state index is 0.299. The van der Waals surface area contributed by atoms with Crippen LogP contribution in [0.5, 0.6) is 0 Å². The summed E-state index contributed by atoms with van der Waals surface area (Å²) in [6, 6.07) is 10.1. The Morgan fingerprint density at radius 3 is 2.43 bits per heavy atom. The summed E-state index contributed by atoms with van der Waals surface area (Å²) in [5.41, 5.74) is 15.1. The molecule has 2 aromatic heterocycles. The number of benzene rings is 1. The van der Waals surface area contributed by atoms with E-state index < -0.39 is 0 Å². The predicted molar refractivity (Wildman–Crippen MR) is 113 cm³/mol. The Morgan fingerprint density at radius 1 is 0.929 bits per heavy atom. The van der Waals surface area contributed by atoms with E-state index in [1.165, 1.54) is 32.1 Å². The molecule has 0 radical (unpaired) electrons. The van der Waals surface area contributed by atoms with Crippen molar-refractivity contribution < 1.29 is 0 Å². The lowest BCUT2D eigenvalue weighted by Gasteiger charge is -2.04. The molecule has 2 heterocycles. The third-order valence-corrected chi connectivity index (χ3v) is 4.72. The molecule has 3 aromatic rings. The molecule has 4 N–H and O–H groups in total. The molecule has 0 fully saturated rings. The van der Waals surface area contributed by atoms with E-state index in [1.54, 1.807) is 6.33 Å². The molecule has 0 saturated carbocycles. The van der Waals surface area contributed by atoms with Gasteiger partial charge < -0.3 is 16.0 Å². The van der Waals surface area contributed by atoms with Crippen molar-refractivity contribution in [3.8, 4) is 0 Å². The van der Waals surface area contributed by atoms with Gasteiger partial charge in [-0.05, 0) is 12.0 Å². The van der Waals surface area contributed by atoms with Gasteiger partial charge in [-0.1, -0.05) is 69.4 Å². The van der Waals surface area contributed by atoms with Gasteiger partial charge in [-0.15, -0.1) is 0 Å². The minimum Gasteiger partial charge on any atom is -0.382 e. The average Bonchev–Trinajstić information content (AvgIpc) is 3.06. The smallest absolute Gasteiger partial charge is 0.248 e. The number of hydrogen-bond donors (Lipinski definition) is 2. The van der Waals surface area contributed by atoms with Gasteiger partial charge in [-0.3, -0.25) is 0 Å². The first-order valence-corrected chi connectivity index (χ1v) is 10.0. The molecule has 7 heteroatoms. The van der Waals surface area contributed by atoms with Gasteiger partial charge in [-0.2, -0.15) is 9.97 Å². The van der Waals surface area contributed by atoms with Crippen molar-refractivity contribution in [1.82, 2.24) is 19.5 Å². The van der Waals surface area contributed by atoms with E-state index in [4.69, 9.17) is 11.5 Å². The number of aromatic nitrogens is 4. The Morgan fingerprint density at radius 2 is 1.64 bits per heavy atom. The Hall–Kier alpha value is -2.96. The van der Waals surface area contributed by atoms with Gasteiger partial charge in [0.25, 0.3) is 0 Å². The van der Waals surface area contributed by atoms with Crippen LogP contribution in [0.3, 0.4) is 0 Å². The molecule has 0 aliphatic carbocycles. The van der Waals surface area contributed by atoms with E-state index in [0.29, 0.717) is 41.4 Å². The van der Waals surface area contributed by atoms with Crippen LogP contribution in [0.2, 0.25) is 0 Å². The molecule has 28 heavy (non-hydrogen) atoms. The first kappa shape index (κ1) is 19.8. The number of nitrogens with two attached hydrogens (primary N) is 2. The zero-order chi connectivity index (χ0) is 19.8. The number of hydrogen-bond acceptors (Lipinski definition) is 6. The molecule has 0 amide bonds. The van der Waals surface area contributed by atoms with Crippen molar-refractivity contribution in [1.29, 1.82) is 0 Å². The summed E-state index contributed by atoms with van der Waals surface area (Å²) in [6.45, 7) is 3.53. The Kier molecular flexibility index (Phi) is 6.94. The quantitative estimate of drug-likeness (QED) is 0.555. The zero-order valence-corrected chi connectivity index (χ0v) is 16.5. The maximum absolute atomic E-state index is 6.26. The Labute approximate surface area is 165 Å². The van der Waals surface area contributed by atoms with Crippen LogP contribution in [0, 0.1) is 0 Å². The summed E-state index contributed by atoms with van der Waals surface area (Å²) < 4.78 is 1.95. The van der Waals surface area contributed by atoms with Crippen molar-refractivity contribution in [3.63, 3.8) is 0 Å². The zero-order valence-electron chi connectivity index (χ0n) is 16.5. The molecule has 0 unspecified atom stereocenters. The largest absolute Gasteiger partial charge is 0.382 e. The average molecular weight is 380 g/mol. The lowest BCUT2D eigenvalue weighted by molar-refractivity contribution is 0.609. The number of unbranched alkanes of at least 4 members (excludes halogenated alkanes) is 5. The fourth-order valence-corrected chi connectivity index (χ4v) is 3.23. The third kappa shape index (κ3) is 5.06. The monoisotopic (exact) mass is 379 g/mol. The van der Waals surface area contributed by atoms with E-state index >= 15 is 0 Å². The number of fused-ring (bicyclic) bond motifs is 1.